The molecule has 0 saturated carbocycles. The molecule has 0 aliphatic carbocycles. The van der Waals surface area contributed by atoms with Crippen LogP contribution in [0.25, 0.3) is 0 Å². The number of carbonyl (C=O) groups is 2. The van der Waals surface area contributed by atoms with Gasteiger partial charge in [-0.1, -0.05) is 11.6 Å². The maximum atomic E-state index is 13.7. The lowest BCUT2D eigenvalue weighted by atomic mass is 9.90. The van der Waals surface area contributed by atoms with Gasteiger partial charge in [-0.15, -0.1) is 0 Å². The van der Waals surface area contributed by atoms with Crippen molar-refractivity contribution in [3.63, 3.8) is 0 Å². The van der Waals surface area contributed by atoms with Gasteiger partial charge in [0.1, 0.15) is 11.5 Å². The molecule has 7 heteroatoms. The predicted octanol–water partition coefficient (Wildman–Crippen LogP) is 4.30. The topological polar surface area (TPSA) is 59.1 Å². The first-order valence-corrected chi connectivity index (χ1v) is 11.0. The number of likely N-dealkylation sites (tertiary alicyclic amines) is 1. The van der Waals surface area contributed by atoms with E-state index in [4.69, 9.17) is 21.1 Å². The third-order valence-electron chi connectivity index (χ3n) is 6.17. The molecule has 4 rings (SSSR count). The second-order valence-corrected chi connectivity index (χ2v) is 8.65. The Morgan fingerprint density at radius 1 is 0.968 bits per heavy atom. The quantitative estimate of drug-likeness (QED) is 0.648. The SMILES string of the molecule is COc1ccc(N2C(=O)[C@@H](Oc3ccc(Cl)cc3)[C@H]2C(=O)N2C(C)CCCC2C)cc1. The van der Waals surface area contributed by atoms with E-state index in [-0.39, 0.29) is 23.9 Å². The first kappa shape index (κ1) is 21.5. The Morgan fingerprint density at radius 3 is 2.13 bits per heavy atom. The average Bonchev–Trinajstić information content (AvgIpc) is 2.76. The number of hydrogen-bond donors (Lipinski definition) is 0. The molecular formula is C24H27ClN2O4. The van der Waals surface area contributed by atoms with E-state index in [1.54, 1.807) is 55.6 Å². The lowest BCUT2D eigenvalue weighted by Gasteiger charge is -2.49. The summed E-state index contributed by atoms with van der Waals surface area (Å²) in [5.41, 5.74) is 0.650. The average molecular weight is 443 g/mol. The number of β-lactam (4-membered cyclic amide) rings is 1. The number of nitrogens with zero attached hydrogens (tertiary/aromatic N) is 2. The van der Waals surface area contributed by atoms with Crippen molar-refractivity contribution in [2.75, 3.05) is 12.0 Å². The molecule has 31 heavy (non-hydrogen) atoms. The fourth-order valence-corrected chi connectivity index (χ4v) is 4.64. The van der Waals surface area contributed by atoms with Crippen LogP contribution in [0.2, 0.25) is 5.02 Å². The summed E-state index contributed by atoms with van der Waals surface area (Å²) in [6, 6.07) is 13.5. The molecule has 2 unspecified atom stereocenters. The second-order valence-electron chi connectivity index (χ2n) is 8.22. The molecule has 2 amide bonds. The van der Waals surface area contributed by atoms with Crippen LogP contribution in [-0.4, -0.2) is 48.1 Å². The summed E-state index contributed by atoms with van der Waals surface area (Å²) in [4.78, 5) is 30.3. The minimum absolute atomic E-state index is 0.0749. The van der Waals surface area contributed by atoms with Crippen molar-refractivity contribution >= 4 is 29.1 Å². The highest BCUT2D eigenvalue weighted by molar-refractivity contribution is 6.30. The van der Waals surface area contributed by atoms with Crippen molar-refractivity contribution in [3.8, 4) is 11.5 Å². The molecule has 0 N–H and O–H groups in total. The zero-order valence-corrected chi connectivity index (χ0v) is 18.7. The number of anilines is 1. The van der Waals surface area contributed by atoms with Gasteiger partial charge >= 0.3 is 0 Å². The number of ether oxygens (including phenoxy) is 2. The Morgan fingerprint density at radius 2 is 1.55 bits per heavy atom. The van der Waals surface area contributed by atoms with Gasteiger partial charge < -0.3 is 14.4 Å². The smallest absolute Gasteiger partial charge is 0.271 e. The fourth-order valence-electron chi connectivity index (χ4n) is 4.52. The summed E-state index contributed by atoms with van der Waals surface area (Å²) in [6.07, 6.45) is 2.14. The van der Waals surface area contributed by atoms with Gasteiger partial charge in [-0.3, -0.25) is 14.5 Å². The van der Waals surface area contributed by atoms with Gasteiger partial charge in [-0.25, -0.2) is 0 Å². The molecule has 2 aromatic carbocycles. The van der Waals surface area contributed by atoms with Gasteiger partial charge in [0.25, 0.3) is 11.8 Å². The highest BCUT2D eigenvalue weighted by Gasteiger charge is 2.56. The van der Waals surface area contributed by atoms with Crippen molar-refractivity contribution in [3.05, 3.63) is 53.6 Å². The van der Waals surface area contributed by atoms with E-state index in [9.17, 15) is 9.59 Å². The zero-order valence-electron chi connectivity index (χ0n) is 18.0. The largest absolute Gasteiger partial charge is 0.497 e. The first-order valence-electron chi connectivity index (χ1n) is 10.6. The molecule has 2 aromatic rings. The minimum Gasteiger partial charge on any atom is -0.497 e. The number of benzene rings is 2. The second kappa shape index (κ2) is 8.79. The molecule has 0 aromatic heterocycles. The molecule has 2 saturated heterocycles. The normalized spacial score (nSPS) is 25.7. The van der Waals surface area contributed by atoms with E-state index in [1.807, 2.05) is 4.90 Å². The Kier molecular flexibility index (Phi) is 6.10. The minimum atomic E-state index is -0.878. The van der Waals surface area contributed by atoms with Gasteiger partial charge in [0.15, 0.2) is 6.04 Å². The molecule has 6 nitrogen and oxygen atoms in total. The van der Waals surface area contributed by atoms with Crippen molar-refractivity contribution in [2.24, 2.45) is 0 Å². The standard InChI is InChI=1S/C24H27ClN2O4/c1-15-5-4-6-16(2)26(15)23(28)21-22(31-20-11-7-17(25)8-12-20)24(29)27(21)18-9-13-19(30-3)14-10-18/h7-16,21-22H,4-6H2,1-3H3/t15?,16?,21-,22-/m0/s1. The maximum absolute atomic E-state index is 13.7. The summed E-state index contributed by atoms with van der Waals surface area (Å²) in [5, 5.41) is 0.579. The Bertz CT molecular complexity index is 937. The fraction of sp³-hybridized carbons (Fsp3) is 0.417. The molecule has 4 atom stereocenters. The Balaban J connectivity index is 1.64. The predicted molar refractivity (Wildman–Crippen MR) is 120 cm³/mol. The van der Waals surface area contributed by atoms with E-state index < -0.39 is 12.1 Å². The number of hydrogen-bond acceptors (Lipinski definition) is 4. The zero-order chi connectivity index (χ0) is 22.1. The van der Waals surface area contributed by atoms with Crippen LogP contribution in [0.15, 0.2) is 48.5 Å². The summed E-state index contributed by atoms with van der Waals surface area (Å²) < 4.78 is 11.2. The van der Waals surface area contributed by atoms with Crippen LogP contribution in [0.3, 0.4) is 0 Å². The summed E-state index contributed by atoms with van der Waals surface area (Å²) in [5.74, 6) is 0.881. The molecule has 0 spiro atoms. The van der Waals surface area contributed by atoms with Crippen LogP contribution in [0.4, 0.5) is 5.69 Å². The molecular weight excluding hydrogens is 416 g/mol. The molecule has 2 aliphatic heterocycles. The summed E-state index contributed by atoms with van der Waals surface area (Å²) in [6.45, 7) is 4.14. The van der Waals surface area contributed by atoms with Gasteiger partial charge in [-0.2, -0.15) is 0 Å². The molecule has 0 radical (unpaired) electrons. The monoisotopic (exact) mass is 442 g/mol. The van der Waals surface area contributed by atoms with Crippen LogP contribution < -0.4 is 14.4 Å². The Hall–Kier alpha value is -2.73. The van der Waals surface area contributed by atoms with Crippen LogP contribution in [0, 0.1) is 0 Å². The van der Waals surface area contributed by atoms with E-state index >= 15 is 0 Å². The highest BCUT2D eigenvalue weighted by Crippen LogP contribution is 2.35. The lowest BCUT2D eigenvalue weighted by Crippen LogP contribution is -2.73. The number of rotatable bonds is 5. The number of methoxy groups -OCH3 is 1. The van der Waals surface area contributed by atoms with Crippen LogP contribution in [-0.2, 0) is 9.59 Å². The third kappa shape index (κ3) is 4.09. The number of amides is 2. The van der Waals surface area contributed by atoms with Gasteiger partial charge in [0.2, 0.25) is 6.10 Å². The number of piperidine rings is 1. The number of halogens is 1. The summed E-state index contributed by atoms with van der Waals surface area (Å²) in [7, 11) is 1.59. The molecule has 0 bridgehead atoms. The van der Waals surface area contributed by atoms with Crippen LogP contribution in [0.1, 0.15) is 33.1 Å². The van der Waals surface area contributed by atoms with Gasteiger partial charge in [-0.05, 0) is 81.6 Å². The maximum Gasteiger partial charge on any atom is 0.271 e. The number of carbonyl (C=O) groups excluding carboxylic acids is 2. The van der Waals surface area contributed by atoms with Gasteiger partial charge in [0, 0.05) is 22.8 Å². The molecule has 2 fully saturated rings. The van der Waals surface area contributed by atoms with Crippen molar-refractivity contribution in [1.82, 2.24) is 4.90 Å². The van der Waals surface area contributed by atoms with Crippen molar-refractivity contribution < 1.29 is 19.1 Å². The van der Waals surface area contributed by atoms with Crippen molar-refractivity contribution in [2.45, 2.75) is 57.3 Å². The molecule has 2 heterocycles. The van der Waals surface area contributed by atoms with Crippen LogP contribution in [0.5, 0.6) is 11.5 Å². The van der Waals surface area contributed by atoms with Crippen LogP contribution >= 0.6 is 11.6 Å². The van der Waals surface area contributed by atoms with E-state index in [2.05, 4.69) is 13.8 Å². The van der Waals surface area contributed by atoms with Gasteiger partial charge in [0.05, 0.1) is 7.11 Å². The molecule has 2 aliphatic rings. The van der Waals surface area contributed by atoms with E-state index in [0.29, 0.717) is 22.2 Å². The molecule has 164 valence electrons. The summed E-state index contributed by atoms with van der Waals surface area (Å²) >= 11 is 5.96. The van der Waals surface area contributed by atoms with E-state index in [0.717, 1.165) is 19.3 Å². The van der Waals surface area contributed by atoms with E-state index in [1.165, 1.54) is 4.90 Å². The third-order valence-corrected chi connectivity index (χ3v) is 6.43. The van der Waals surface area contributed by atoms with Crippen molar-refractivity contribution in [1.29, 1.82) is 0 Å². The highest BCUT2D eigenvalue weighted by atomic mass is 35.5. The Labute approximate surface area is 187 Å². The first-order chi connectivity index (χ1) is 14.9. The lowest BCUT2D eigenvalue weighted by molar-refractivity contribution is -0.152.